The lowest BCUT2D eigenvalue weighted by Gasteiger charge is -2.24. The first-order chi connectivity index (χ1) is 14.0. The Morgan fingerprint density at radius 2 is 1.83 bits per heavy atom. The Kier molecular flexibility index (Phi) is 4.10. The predicted octanol–water partition coefficient (Wildman–Crippen LogP) is 5.01. The molecule has 1 atom stereocenters. The van der Waals surface area contributed by atoms with Gasteiger partial charge in [-0.25, -0.2) is 4.98 Å². The summed E-state index contributed by atoms with van der Waals surface area (Å²) in [5.74, 6) is 0.191. The largest absolute Gasteiger partial charge is 0.450 e. The van der Waals surface area contributed by atoms with Gasteiger partial charge in [0.2, 0.25) is 5.76 Å². The molecule has 3 heterocycles. The maximum absolute atomic E-state index is 13.5. The van der Waals surface area contributed by atoms with Crippen LogP contribution in [0.2, 0.25) is 0 Å². The Labute approximate surface area is 174 Å². The minimum Gasteiger partial charge on any atom is -0.450 e. The molecule has 0 unspecified atom stereocenters. The number of benzene rings is 2. The smallest absolute Gasteiger partial charge is 0.296 e. The fourth-order valence-corrected chi connectivity index (χ4v) is 4.15. The van der Waals surface area contributed by atoms with Crippen LogP contribution in [0.5, 0.6) is 0 Å². The number of aryl methyl sites for hydroxylation is 1. The van der Waals surface area contributed by atoms with Crippen molar-refractivity contribution in [3.63, 3.8) is 0 Å². The average molecular weight is 447 g/mol. The summed E-state index contributed by atoms with van der Waals surface area (Å²) < 4.78 is 6.72. The molecule has 6 heteroatoms. The van der Waals surface area contributed by atoms with Crippen molar-refractivity contribution in [1.29, 1.82) is 0 Å². The zero-order chi connectivity index (χ0) is 20.1. The van der Waals surface area contributed by atoms with Crippen molar-refractivity contribution >= 4 is 38.6 Å². The summed E-state index contributed by atoms with van der Waals surface area (Å²) in [6, 6.07) is 17.8. The molecule has 29 heavy (non-hydrogen) atoms. The lowest BCUT2D eigenvalue weighted by molar-refractivity contribution is 0.0970. The van der Waals surface area contributed by atoms with E-state index in [2.05, 4.69) is 20.9 Å². The number of pyridine rings is 1. The number of nitrogens with zero attached hydrogens (tertiary/aromatic N) is 2. The Morgan fingerprint density at radius 3 is 2.59 bits per heavy atom. The number of carbonyl (C=O) groups is 1. The van der Waals surface area contributed by atoms with E-state index in [0.29, 0.717) is 22.4 Å². The van der Waals surface area contributed by atoms with Gasteiger partial charge in [-0.15, -0.1) is 0 Å². The van der Waals surface area contributed by atoms with Crippen LogP contribution in [0.15, 0.2) is 80.5 Å². The van der Waals surface area contributed by atoms with Crippen molar-refractivity contribution in [2.45, 2.75) is 13.0 Å². The van der Waals surface area contributed by atoms with E-state index < -0.39 is 6.04 Å². The summed E-state index contributed by atoms with van der Waals surface area (Å²) in [6.45, 7) is 1.94. The van der Waals surface area contributed by atoms with Crippen molar-refractivity contribution in [3.8, 4) is 0 Å². The first kappa shape index (κ1) is 17.8. The normalized spacial score (nSPS) is 15.7. The summed E-state index contributed by atoms with van der Waals surface area (Å²) in [7, 11) is 0. The minimum absolute atomic E-state index is 0.0713. The van der Waals surface area contributed by atoms with Gasteiger partial charge in [-0.2, -0.15) is 0 Å². The molecule has 1 aliphatic rings. The number of fused-ring (bicyclic) bond motifs is 2. The molecule has 0 saturated carbocycles. The molecule has 0 saturated heterocycles. The summed E-state index contributed by atoms with van der Waals surface area (Å²) in [6.07, 6.45) is 1.66. The molecular formula is C23H15BrN2O3. The summed E-state index contributed by atoms with van der Waals surface area (Å²) in [5.41, 5.74) is 2.31. The molecule has 0 aliphatic carbocycles. The maximum Gasteiger partial charge on any atom is 0.296 e. The van der Waals surface area contributed by atoms with E-state index in [-0.39, 0.29) is 17.1 Å². The fraction of sp³-hybridized carbons (Fsp3) is 0.0870. The highest BCUT2D eigenvalue weighted by molar-refractivity contribution is 9.10. The number of anilines is 1. The molecule has 5 nitrogen and oxygen atoms in total. The van der Waals surface area contributed by atoms with E-state index in [4.69, 9.17) is 4.42 Å². The number of rotatable bonds is 2. The van der Waals surface area contributed by atoms with Crippen molar-refractivity contribution in [1.82, 2.24) is 4.98 Å². The SMILES string of the molecule is Cc1ccnc(N2C(=O)c3oc4ccc(Br)cc4c(=O)c3[C@H]2c2ccccc2)c1. The third-order valence-electron chi connectivity index (χ3n) is 5.10. The van der Waals surface area contributed by atoms with Gasteiger partial charge in [0.15, 0.2) is 5.43 Å². The molecule has 0 N–H and O–H groups in total. The highest BCUT2D eigenvalue weighted by atomic mass is 79.9. The summed E-state index contributed by atoms with van der Waals surface area (Å²) in [5, 5.41) is 0.436. The minimum atomic E-state index is -0.604. The van der Waals surface area contributed by atoms with Crippen LogP contribution in [0.3, 0.4) is 0 Å². The van der Waals surface area contributed by atoms with Crippen molar-refractivity contribution in [2.75, 3.05) is 4.90 Å². The molecule has 4 aromatic rings. The van der Waals surface area contributed by atoms with Gasteiger partial charge < -0.3 is 4.42 Å². The first-order valence-electron chi connectivity index (χ1n) is 9.12. The number of amides is 1. The number of hydrogen-bond acceptors (Lipinski definition) is 4. The lowest BCUT2D eigenvalue weighted by Crippen LogP contribution is -2.30. The van der Waals surface area contributed by atoms with Crippen LogP contribution in [-0.2, 0) is 0 Å². The van der Waals surface area contributed by atoms with Gasteiger partial charge in [0.1, 0.15) is 11.4 Å². The van der Waals surface area contributed by atoms with Gasteiger partial charge in [0, 0.05) is 10.7 Å². The Bertz CT molecular complexity index is 1330. The van der Waals surface area contributed by atoms with Crippen LogP contribution >= 0.6 is 15.9 Å². The third kappa shape index (κ3) is 2.79. The zero-order valence-corrected chi connectivity index (χ0v) is 17.0. The van der Waals surface area contributed by atoms with Crippen molar-refractivity contribution in [3.05, 3.63) is 104 Å². The number of aromatic nitrogens is 1. The van der Waals surface area contributed by atoms with Crippen LogP contribution in [0.4, 0.5) is 5.82 Å². The predicted molar refractivity (Wildman–Crippen MR) is 114 cm³/mol. The molecule has 0 bridgehead atoms. The van der Waals surface area contributed by atoms with Crippen LogP contribution in [0, 0.1) is 6.92 Å². The Balaban J connectivity index is 1.84. The maximum atomic E-state index is 13.5. The van der Waals surface area contributed by atoms with E-state index in [1.54, 1.807) is 29.3 Å². The molecule has 1 amide bonds. The van der Waals surface area contributed by atoms with Gasteiger partial charge in [0.05, 0.1) is 17.0 Å². The number of hydrogen-bond donors (Lipinski definition) is 0. The Hall–Kier alpha value is -3.25. The molecule has 0 fully saturated rings. The van der Waals surface area contributed by atoms with Gasteiger partial charge in [-0.3, -0.25) is 14.5 Å². The number of halogens is 1. The van der Waals surface area contributed by atoms with Crippen LogP contribution < -0.4 is 10.3 Å². The van der Waals surface area contributed by atoms with E-state index in [9.17, 15) is 9.59 Å². The second-order valence-corrected chi connectivity index (χ2v) is 7.91. The zero-order valence-electron chi connectivity index (χ0n) is 15.4. The third-order valence-corrected chi connectivity index (χ3v) is 5.59. The molecule has 0 spiro atoms. The monoisotopic (exact) mass is 446 g/mol. The standard InChI is InChI=1S/C23H15BrN2O3/c1-13-9-10-25-18(11-13)26-20(14-5-3-2-4-6-14)19-21(27)16-12-15(24)7-8-17(16)29-22(19)23(26)28/h2-12,20H,1H3/t20-/m1/s1. The van der Waals surface area contributed by atoms with Crippen LogP contribution in [-0.4, -0.2) is 10.9 Å². The molecule has 1 aliphatic heterocycles. The topological polar surface area (TPSA) is 63.4 Å². The van der Waals surface area contributed by atoms with Crippen molar-refractivity contribution < 1.29 is 9.21 Å². The summed E-state index contributed by atoms with van der Waals surface area (Å²) >= 11 is 3.41. The van der Waals surface area contributed by atoms with E-state index in [1.165, 1.54) is 0 Å². The molecule has 2 aromatic carbocycles. The van der Waals surface area contributed by atoms with Crippen molar-refractivity contribution in [2.24, 2.45) is 0 Å². The highest BCUT2D eigenvalue weighted by Gasteiger charge is 2.44. The van der Waals surface area contributed by atoms with E-state index in [0.717, 1.165) is 15.6 Å². The van der Waals surface area contributed by atoms with E-state index >= 15 is 0 Å². The van der Waals surface area contributed by atoms with Gasteiger partial charge >= 0.3 is 0 Å². The second kappa shape index (κ2) is 6.67. The Morgan fingerprint density at radius 1 is 1.03 bits per heavy atom. The average Bonchev–Trinajstić information content (AvgIpc) is 3.02. The van der Waals surface area contributed by atoms with Gasteiger partial charge in [-0.05, 0) is 48.4 Å². The highest BCUT2D eigenvalue weighted by Crippen LogP contribution is 2.40. The van der Waals surface area contributed by atoms with Gasteiger partial charge in [-0.1, -0.05) is 46.3 Å². The molecular weight excluding hydrogens is 432 g/mol. The first-order valence-corrected chi connectivity index (χ1v) is 9.91. The second-order valence-electron chi connectivity index (χ2n) is 6.99. The molecule has 142 valence electrons. The lowest BCUT2D eigenvalue weighted by atomic mass is 9.98. The number of carbonyl (C=O) groups excluding carboxylic acids is 1. The molecule has 2 aromatic heterocycles. The molecule has 5 rings (SSSR count). The van der Waals surface area contributed by atoms with Gasteiger partial charge in [0.25, 0.3) is 5.91 Å². The quantitative estimate of drug-likeness (QED) is 0.434. The van der Waals surface area contributed by atoms with E-state index in [1.807, 2.05) is 49.4 Å². The molecule has 0 radical (unpaired) electrons. The van der Waals surface area contributed by atoms with Crippen LogP contribution in [0.1, 0.15) is 33.3 Å². The van der Waals surface area contributed by atoms with Crippen LogP contribution in [0.25, 0.3) is 11.0 Å². The fourth-order valence-electron chi connectivity index (χ4n) is 3.78. The summed E-state index contributed by atoms with van der Waals surface area (Å²) in [4.78, 5) is 32.8.